The second-order valence-corrected chi connectivity index (χ2v) is 11.4. The number of nitrogens with zero attached hydrogens (tertiary/aromatic N) is 2. The van der Waals surface area contributed by atoms with Gasteiger partial charge in [0, 0.05) is 10.3 Å². The van der Waals surface area contributed by atoms with Gasteiger partial charge >= 0.3 is 0 Å². The molecule has 0 aliphatic heterocycles. The number of carbonyl (C=O) groups excluding carboxylic acids is 1. The van der Waals surface area contributed by atoms with E-state index >= 15 is 0 Å². The molecule has 4 nitrogen and oxygen atoms in total. The van der Waals surface area contributed by atoms with E-state index in [-0.39, 0.29) is 17.5 Å². The third-order valence-electron chi connectivity index (χ3n) is 8.23. The van der Waals surface area contributed by atoms with Gasteiger partial charge < -0.3 is 0 Å². The van der Waals surface area contributed by atoms with Crippen LogP contribution in [-0.4, -0.2) is 15.3 Å². The Labute approximate surface area is 169 Å². The van der Waals surface area contributed by atoms with Gasteiger partial charge in [-0.3, -0.25) is 14.2 Å². The molecule has 28 heavy (non-hydrogen) atoms. The number of aryl methyl sites for hydroxylation is 1. The maximum absolute atomic E-state index is 13.4. The number of fused-ring (bicyclic) bond motifs is 3. The second-order valence-electron chi connectivity index (χ2n) is 10.3. The Hall–Kier alpha value is -1.49. The van der Waals surface area contributed by atoms with Gasteiger partial charge in [-0.15, -0.1) is 11.3 Å². The van der Waals surface area contributed by atoms with Crippen LogP contribution in [0.1, 0.15) is 62.3 Å². The Morgan fingerprint density at radius 1 is 1.21 bits per heavy atom. The maximum atomic E-state index is 13.4. The Morgan fingerprint density at radius 3 is 2.57 bits per heavy atom. The highest BCUT2D eigenvalue weighted by atomic mass is 32.1. The van der Waals surface area contributed by atoms with Crippen LogP contribution in [0, 0.1) is 29.1 Å². The average molecular weight is 397 g/mol. The molecule has 1 atom stereocenters. The van der Waals surface area contributed by atoms with Crippen molar-refractivity contribution in [3.8, 4) is 0 Å². The zero-order valence-corrected chi connectivity index (χ0v) is 17.4. The van der Waals surface area contributed by atoms with E-state index in [1.54, 1.807) is 22.2 Å². The van der Waals surface area contributed by atoms with Crippen LogP contribution in [0.3, 0.4) is 0 Å². The van der Waals surface area contributed by atoms with E-state index in [1.807, 2.05) is 0 Å². The number of hydrogen-bond donors (Lipinski definition) is 0. The molecule has 5 heteroatoms. The van der Waals surface area contributed by atoms with Crippen LogP contribution in [0.5, 0.6) is 0 Å². The minimum atomic E-state index is -0.146. The van der Waals surface area contributed by atoms with Gasteiger partial charge in [0.05, 0.1) is 18.3 Å². The minimum absolute atomic E-state index is 0.00938. The molecule has 5 aliphatic carbocycles. The van der Waals surface area contributed by atoms with E-state index in [0.29, 0.717) is 11.7 Å². The summed E-state index contributed by atoms with van der Waals surface area (Å²) in [7, 11) is 0. The third kappa shape index (κ3) is 2.51. The Bertz CT molecular complexity index is 998. The minimum Gasteiger partial charge on any atom is -0.297 e. The summed E-state index contributed by atoms with van der Waals surface area (Å²) in [5, 5.41) is 0.799. The number of rotatable bonds is 3. The van der Waals surface area contributed by atoms with Gasteiger partial charge in [-0.25, -0.2) is 4.98 Å². The van der Waals surface area contributed by atoms with Crippen LogP contribution in [0.15, 0.2) is 11.1 Å². The quantitative estimate of drug-likeness (QED) is 0.774. The lowest BCUT2D eigenvalue weighted by Crippen LogP contribution is -2.51. The fraction of sp³-hybridized carbons (Fsp3) is 0.696. The highest BCUT2D eigenvalue weighted by Gasteiger charge is 2.54. The van der Waals surface area contributed by atoms with Crippen molar-refractivity contribution < 1.29 is 4.79 Å². The van der Waals surface area contributed by atoms with Gasteiger partial charge in [-0.05, 0) is 87.0 Å². The van der Waals surface area contributed by atoms with Crippen molar-refractivity contribution >= 4 is 27.3 Å². The normalized spacial score (nSPS) is 36.0. The van der Waals surface area contributed by atoms with Crippen molar-refractivity contribution in [2.45, 2.75) is 71.3 Å². The largest absolute Gasteiger partial charge is 0.297 e. The first-order valence-electron chi connectivity index (χ1n) is 11.0. The molecule has 0 saturated heterocycles. The molecule has 4 fully saturated rings. The summed E-state index contributed by atoms with van der Waals surface area (Å²) >= 11 is 1.68. The molecule has 0 spiro atoms. The summed E-state index contributed by atoms with van der Waals surface area (Å²) in [4.78, 5) is 33.5. The lowest BCUT2D eigenvalue weighted by Gasteiger charge is -2.56. The lowest BCUT2D eigenvalue weighted by atomic mass is 9.48. The average Bonchev–Trinajstić information content (AvgIpc) is 3.01. The summed E-state index contributed by atoms with van der Waals surface area (Å²) in [5.74, 6) is 3.23. The van der Waals surface area contributed by atoms with E-state index in [9.17, 15) is 9.59 Å². The molecule has 0 radical (unpaired) electrons. The molecule has 0 aromatic carbocycles. The van der Waals surface area contributed by atoms with Crippen molar-refractivity contribution in [3.63, 3.8) is 0 Å². The van der Waals surface area contributed by atoms with Crippen molar-refractivity contribution in [1.82, 2.24) is 9.55 Å². The molecule has 4 saturated carbocycles. The van der Waals surface area contributed by atoms with Gasteiger partial charge in [-0.1, -0.05) is 6.92 Å². The van der Waals surface area contributed by atoms with Crippen LogP contribution >= 0.6 is 11.3 Å². The van der Waals surface area contributed by atoms with Crippen LogP contribution in [0.2, 0.25) is 0 Å². The summed E-state index contributed by atoms with van der Waals surface area (Å²) in [5.41, 5.74) is 1.08. The number of aromatic nitrogens is 2. The van der Waals surface area contributed by atoms with E-state index < -0.39 is 0 Å². The SMILES string of the molecule is C[C@@H]1CCc2c(sc3ncn(CC(=O)C45CC6CC(CC(C6)C4)C5)c(=O)c23)C1. The van der Waals surface area contributed by atoms with Crippen LogP contribution in [-0.2, 0) is 24.2 Å². The monoisotopic (exact) mass is 396 g/mol. The molecule has 0 unspecified atom stereocenters. The first kappa shape index (κ1) is 17.4. The zero-order chi connectivity index (χ0) is 19.0. The number of hydrogen-bond acceptors (Lipinski definition) is 4. The highest BCUT2D eigenvalue weighted by Crippen LogP contribution is 2.60. The van der Waals surface area contributed by atoms with E-state index in [1.165, 1.54) is 29.7 Å². The molecule has 4 bridgehead atoms. The molecule has 7 rings (SSSR count). The smallest absolute Gasteiger partial charge is 0.262 e. The summed E-state index contributed by atoms with van der Waals surface area (Å²) in [6.07, 6.45) is 12.0. The first-order valence-corrected chi connectivity index (χ1v) is 11.9. The molecule has 2 aromatic rings. The van der Waals surface area contributed by atoms with E-state index in [2.05, 4.69) is 11.9 Å². The van der Waals surface area contributed by atoms with E-state index in [4.69, 9.17) is 0 Å². The highest BCUT2D eigenvalue weighted by molar-refractivity contribution is 7.18. The van der Waals surface area contributed by atoms with Crippen LogP contribution in [0.4, 0.5) is 0 Å². The summed E-state index contributed by atoms with van der Waals surface area (Å²) in [6.45, 7) is 2.50. The standard InChI is InChI=1S/C23H28N2O2S/c1-13-2-3-17-18(4-13)28-21-20(17)22(27)25(12-24-21)11-19(26)23-8-14-5-15(9-23)7-16(6-14)10-23/h12-16H,2-11H2,1H3/t13-,14?,15?,16?,23?/m1/s1. The molecular weight excluding hydrogens is 368 g/mol. The Kier molecular flexibility index (Phi) is 3.73. The summed E-state index contributed by atoms with van der Waals surface area (Å²) in [6, 6.07) is 0. The molecule has 148 valence electrons. The second kappa shape index (κ2) is 6.01. The fourth-order valence-corrected chi connectivity index (χ4v) is 8.59. The van der Waals surface area contributed by atoms with Crippen molar-refractivity contribution in [2.75, 3.05) is 0 Å². The Morgan fingerprint density at radius 2 is 1.89 bits per heavy atom. The topological polar surface area (TPSA) is 52.0 Å². The fourth-order valence-electron chi connectivity index (χ4n) is 7.25. The van der Waals surface area contributed by atoms with Gasteiger partial charge in [0.25, 0.3) is 5.56 Å². The molecule has 5 aliphatic rings. The predicted octanol–water partition coefficient (Wildman–Crippen LogP) is 4.37. The van der Waals surface area contributed by atoms with E-state index in [0.717, 1.165) is 66.5 Å². The molecule has 0 amide bonds. The molecule has 2 heterocycles. The molecule has 0 N–H and O–H groups in total. The molecular formula is C23H28N2O2S. The van der Waals surface area contributed by atoms with Crippen LogP contribution in [0.25, 0.3) is 10.2 Å². The maximum Gasteiger partial charge on any atom is 0.262 e. The lowest BCUT2D eigenvalue weighted by molar-refractivity contribution is -0.144. The third-order valence-corrected chi connectivity index (χ3v) is 9.39. The Balaban J connectivity index is 1.34. The number of carbonyl (C=O) groups is 1. The first-order chi connectivity index (χ1) is 13.5. The zero-order valence-electron chi connectivity index (χ0n) is 16.6. The van der Waals surface area contributed by atoms with Gasteiger partial charge in [-0.2, -0.15) is 0 Å². The number of ketones is 1. The van der Waals surface area contributed by atoms with Gasteiger partial charge in [0.1, 0.15) is 4.83 Å². The van der Waals surface area contributed by atoms with Gasteiger partial charge in [0.15, 0.2) is 5.78 Å². The predicted molar refractivity (Wildman–Crippen MR) is 111 cm³/mol. The summed E-state index contributed by atoms with van der Waals surface area (Å²) < 4.78 is 1.62. The number of thiophene rings is 1. The molecule has 2 aromatic heterocycles. The van der Waals surface area contributed by atoms with Crippen molar-refractivity contribution in [3.05, 3.63) is 27.1 Å². The van der Waals surface area contributed by atoms with Gasteiger partial charge in [0.2, 0.25) is 0 Å². The van der Waals surface area contributed by atoms with Crippen molar-refractivity contribution in [2.24, 2.45) is 29.1 Å². The van der Waals surface area contributed by atoms with Crippen molar-refractivity contribution in [1.29, 1.82) is 0 Å². The van der Waals surface area contributed by atoms with Crippen LogP contribution < -0.4 is 5.56 Å². The number of Topliss-reactive ketones (excluding diaryl/α,β-unsaturated/α-hetero) is 1.